The van der Waals surface area contributed by atoms with Crippen molar-refractivity contribution in [2.75, 3.05) is 20.2 Å². The van der Waals surface area contributed by atoms with Gasteiger partial charge in [-0.2, -0.15) is 10.2 Å². The quantitative estimate of drug-likeness (QED) is 0.734. The van der Waals surface area contributed by atoms with Gasteiger partial charge in [-0.25, -0.2) is 4.68 Å². The van der Waals surface area contributed by atoms with Crippen LogP contribution >= 0.6 is 0 Å². The summed E-state index contributed by atoms with van der Waals surface area (Å²) in [6, 6.07) is 5.83. The SMILES string of the molecule is COc1c2ccc(C(=O)N3CCC(n4cc(C)cn4)C3)cc2nn1C. The lowest BCUT2D eigenvalue weighted by molar-refractivity contribution is 0.0787. The van der Waals surface area contributed by atoms with Crippen molar-refractivity contribution in [1.82, 2.24) is 24.5 Å². The lowest BCUT2D eigenvalue weighted by Gasteiger charge is -2.16. The second kappa shape index (κ2) is 5.91. The number of hydrogen-bond donors (Lipinski definition) is 0. The number of ether oxygens (including phenoxy) is 1. The highest BCUT2D eigenvalue weighted by Crippen LogP contribution is 2.27. The van der Waals surface area contributed by atoms with E-state index in [0.29, 0.717) is 18.0 Å². The molecule has 130 valence electrons. The maximum absolute atomic E-state index is 12.9. The Balaban J connectivity index is 1.56. The van der Waals surface area contributed by atoms with E-state index in [1.165, 1.54) is 0 Å². The molecule has 1 aliphatic rings. The van der Waals surface area contributed by atoms with E-state index in [1.807, 2.05) is 54.1 Å². The minimum absolute atomic E-state index is 0.0397. The fraction of sp³-hybridized carbons (Fsp3) is 0.389. The van der Waals surface area contributed by atoms with Crippen LogP contribution in [0.25, 0.3) is 10.9 Å². The molecule has 25 heavy (non-hydrogen) atoms. The molecule has 0 radical (unpaired) electrons. The maximum Gasteiger partial charge on any atom is 0.254 e. The van der Waals surface area contributed by atoms with Crippen LogP contribution in [0.15, 0.2) is 30.6 Å². The highest BCUT2D eigenvalue weighted by molar-refractivity contribution is 5.98. The third kappa shape index (κ3) is 2.65. The minimum Gasteiger partial charge on any atom is -0.481 e. The minimum atomic E-state index is 0.0397. The third-order valence-corrected chi connectivity index (χ3v) is 4.78. The molecule has 1 aliphatic heterocycles. The van der Waals surface area contributed by atoms with E-state index in [4.69, 9.17) is 4.74 Å². The standard InChI is InChI=1S/C18H21N5O2/c1-12-9-19-23(10-12)14-6-7-22(11-14)17(24)13-4-5-15-16(8-13)20-21(2)18(15)25-3/h4-5,8-10,14H,6-7,11H2,1-3H3. The summed E-state index contributed by atoms with van der Waals surface area (Å²) >= 11 is 0. The summed E-state index contributed by atoms with van der Waals surface area (Å²) in [4.78, 5) is 14.8. The molecule has 0 spiro atoms. The first-order chi connectivity index (χ1) is 12.1. The third-order valence-electron chi connectivity index (χ3n) is 4.78. The molecular weight excluding hydrogens is 318 g/mol. The number of hydrogen-bond acceptors (Lipinski definition) is 4. The van der Waals surface area contributed by atoms with Gasteiger partial charge in [0.1, 0.15) is 0 Å². The number of fused-ring (bicyclic) bond motifs is 1. The van der Waals surface area contributed by atoms with Crippen molar-refractivity contribution in [2.45, 2.75) is 19.4 Å². The second-order valence-electron chi connectivity index (χ2n) is 6.56. The largest absolute Gasteiger partial charge is 0.481 e. The first kappa shape index (κ1) is 15.7. The van der Waals surface area contributed by atoms with Gasteiger partial charge in [0, 0.05) is 31.9 Å². The molecule has 7 nitrogen and oxygen atoms in total. The van der Waals surface area contributed by atoms with Crippen LogP contribution in [0.3, 0.4) is 0 Å². The number of aromatic nitrogens is 4. The van der Waals surface area contributed by atoms with Gasteiger partial charge in [0.05, 0.1) is 30.3 Å². The second-order valence-corrected chi connectivity index (χ2v) is 6.56. The molecule has 3 heterocycles. The fourth-order valence-corrected chi connectivity index (χ4v) is 3.51. The summed E-state index contributed by atoms with van der Waals surface area (Å²) in [5.74, 6) is 0.738. The lowest BCUT2D eigenvalue weighted by atomic mass is 10.1. The summed E-state index contributed by atoms with van der Waals surface area (Å²) in [6.07, 6.45) is 4.81. The Kier molecular flexibility index (Phi) is 3.71. The molecule has 1 aromatic carbocycles. The van der Waals surface area contributed by atoms with Gasteiger partial charge in [-0.05, 0) is 37.1 Å². The zero-order valence-electron chi connectivity index (χ0n) is 14.6. The number of carbonyl (C=O) groups is 1. The normalized spacial score (nSPS) is 17.4. The Morgan fingerprint density at radius 2 is 2.20 bits per heavy atom. The van der Waals surface area contributed by atoms with Crippen LogP contribution in [0.1, 0.15) is 28.4 Å². The number of methoxy groups -OCH3 is 1. The number of aryl methyl sites for hydroxylation is 2. The van der Waals surface area contributed by atoms with Crippen molar-refractivity contribution in [3.63, 3.8) is 0 Å². The zero-order chi connectivity index (χ0) is 17.6. The molecule has 7 heteroatoms. The highest BCUT2D eigenvalue weighted by atomic mass is 16.5. The van der Waals surface area contributed by atoms with E-state index >= 15 is 0 Å². The summed E-state index contributed by atoms with van der Waals surface area (Å²) < 4.78 is 9.01. The molecule has 1 fully saturated rings. The molecule has 1 amide bonds. The Morgan fingerprint density at radius 1 is 1.36 bits per heavy atom. The van der Waals surface area contributed by atoms with Crippen molar-refractivity contribution >= 4 is 16.8 Å². The number of nitrogens with zero attached hydrogens (tertiary/aromatic N) is 5. The molecule has 2 aromatic heterocycles. The van der Waals surface area contributed by atoms with Crippen molar-refractivity contribution in [3.05, 3.63) is 41.7 Å². The molecule has 3 aromatic rings. The van der Waals surface area contributed by atoms with Gasteiger partial charge in [-0.15, -0.1) is 0 Å². The number of rotatable bonds is 3. The summed E-state index contributed by atoms with van der Waals surface area (Å²) in [5.41, 5.74) is 2.56. The van der Waals surface area contributed by atoms with Crippen LogP contribution < -0.4 is 4.74 Å². The molecular formula is C18H21N5O2. The summed E-state index contributed by atoms with van der Waals surface area (Å²) in [7, 11) is 3.45. The smallest absolute Gasteiger partial charge is 0.254 e. The van der Waals surface area contributed by atoms with Gasteiger partial charge >= 0.3 is 0 Å². The van der Waals surface area contributed by atoms with Gasteiger partial charge < -0.3 is 9.64 Å². The molecule has 1 saturated heterocycles. The summed E-state index contributed by atoms with van der Waals surface area (Å²) in [5, 5.41) is 9.71. The van der Waals surface area contributed by atoms with E-state index in [1.54, 1.807) is 11.8 Å². The van der Waals surface area contributed by atoms with Crippen LogP contribution in [0, 0.1) is 6.92 Å². The first-order valence-corrected chi connectivity index (χ1v) is 8.37. The van der Waals surface area contributed by atoms with E-state index in [2.05, 4.69) is 10.2 Å². The lowest BCUT2D eigenvalue weighted by Crippen LogP contribution is -2.29. The maximum atomic E-state index is 12.9. The Hall–Kier alpha value is -2.83. The summed E-state index contributed by atoms with van der Waals surface area (Å²) in [6.45, 7) is 3.45. The fourth-order valence-electron chi connectivity index (χ4n) is 3.51. The number of carbonyl (C=O) groups excluding carboxylic acids is 1. The average molecular weight is 339 g/mol. The Labute approximate surface area is 145 Å². The van der Waals surface area contributed by atoms with Gasteiger partial charge in [0.2, 0.25) is 5.88 Å². The number of amides is 1. The monoisotopic (exact) mass is 339 g/mol. The number of likely N-dealkylation sites (tertiary alicyclic amines) is 1. The van der Waals surface area contributed by atoms with E-state index in [9.17, 15) is 4.79 Å². The van der Waals surface area contributed by atoms with Crippen LogP contribution in [-0.4, -0.2) is 50.6 Å². The Morgan fingerprint density at radius 3 is 2.92 bits per heavy atom. The van der Waals surface area contributed by atoms with Gasteiger partial charge in [-0.1, -0.05) is 0 Å². The predicted octanol–water partition coefficient (Wildman–Crippen LogP) is 2.17. The van der Waals surface area contributed by atoms with Gasteiger partial charge in [0.25, 0.3) is 5.91 Å². The number of benzene rings is 1. The van der Waals surface area contributed by atoms with Gasteiger partial charge in [-0.3, -0.25) is 9.48 Å². The van der Waals surface area contributed by atoms with Crippen LogP contribution in [0.4, 0.5) is 0 Å². The first-order valence-electron chi connectivity index (χ1n) is 8.37. The molecule has 1 unspecified atom stereocenters. The average Bonchev–Trinajstić information content (AvgIpc) is 3.30. The molecule has 0 bridgehead atoms. The van der Waals surface area contributed by atoms with Crippen LogP contribution in [0.2, 0.25) is 0 Å². The predicted molar refractivity (Wildman–Crippen MR) is 93.8 cm³/mol. The topological polar surface area (TPSA) is 65.2 Å². The van der Waals surface area contributed by atoms with Crippen LogP contribution in [0.5, 0.6) is 5.88 Å². The molecule has 0 saturated carbocycles. The molecule has 0 N–H and O–H groups in total. The van der Waals surface area contributed by atoms with E-state index in [0.717, 1.165) is 29.4 Å². The Bertz CT molecular complexity index is 942. The van der Waals surface area contributed by atoms with Crippen molar-refractivity contribution in [2.24, 2.45) is 7.05 Å². The van der Waals surface area contributed by atoms with Crippen molar-refractivity contribution in [1.29, 1.82) is 0 Å². The molecule has 1 atom stereocenters. The molecule has 4 rings (SSSR count). The van der Waals surface area contributed by atoms with Crippen molar-refractivity contribution < 1.29 is 9.53 Å². The van der Waals surface area contributed by atoms with E-state index in [-0.39, 0.29) is 11.9 Å². The van der Waals surface area contributed by atoms with E-state index < -0.39 is 0 Å². The van der Waals surface area contributed by atoms with Crippen molar-refractivity contribution in [3.8, 4) is 5.88 Å². The van der Waals surface area contributed by atoms with Crippen LogP contribution in [-0.2, 0) is 7.05 Å². The molecule has 0 aliphatic carbocycles. The zero-order valence-corrected chi connectivity index (χ0v) is 14.6. The van der Waals surface area contributed by atoms with Gasteiger partial charge in [0.15, 0.2) is 0 Å². The highest BCUT2D eigenvalue weighted by Gasteiger charge is 2.28.